The minimum atomic E-state index is -0.280. The van der Waals surface area contributed by atoms with E-state index in [1.54, 1.807) is 13.2 Å². The van der Waals surface area contributed by atoms with Crippen LogP contribution in [0.4, 0.5) is 16.5 Å². The summed E-state index contributed by atoms with van der Waals surface area (Å²) in [5, 5.41) is 5.92. The molecule has 6 nitrogen and oxygen atoms in total. The van der Waals surface area contributed by atoms with Crippen LogP contribution >= 0.6 is 11.3 Å². The van der Waals surface area contributed by atoms with Crippen molar-refractivity contribution in [3.63, 3.8) is 0 Å². The number of methoxy groups -OCH3 is 1. The third-order valence-corrected chi connectivity index (χ3v) is 4.15. The molecule has 0 aliphatic heterocycles. The molecule has 0 radical (unpaired) electrons. The van der Waals surface area contributed by atoms with Gasteiger partial charge in [0.1, 0.15) is 5.75 Å². The number of aromatic nitrogens is 2. The lowest BCUT2D eigenvalue weighted by atomic mass is 10.1. The largest absolute Gasteiger partial charge is 0.497 e. The Balaban J connectivity index is 1.85. The van der Waals surface area contributed by atoms with Gasteiger partial charge in [-0.25, -0.2) is 4.98 Å². The minimum absolute atomic E-state index is 0.184. The minimum Gasteiger partial charge on any atom is -0.497 e. The lowest BCUT2D eigenvalue weighted by Gasteiger charge is -2.05. The van der Waals surface area contributed by atoms with Crippen LogP contribution < -0.4 is 21.3 Å². The number of hydrogen-bond acceptors (Lipinski definition) is 6. The molecule has 0 saturated carbocycles. The Morgan fingerprint density at radius 2 is 2.04 bits per heavy atom. The Hall–Kier alpha value is -2.80. The van der Waals surface area contributed by atoms with Gasteiger partial charge in [-0.1, -0.05) is 0 Å². The van der Waals surface area contributed by atoms with E-state index in [9.17, 15) is 4.79 Å². The van der Waals surface area contributed by atoms with Crippen molar-refractivity contribution in [1.82, 2.24) is 9.97 Å². The normalized spacial score (nSPS) is 10.5. The average molecular weight is 328 g/mol. The molecule has 0 aliphatic rings. The number of aryl methyl sites for hydroxylation is 1. The van der Waals surface area contributed by atoms with Crippen LogP contribution in [0.2, 0.25) is 0 Å². The summed E-state index contributed by atoms with van der Waals surface area (Å²) in [6, 6.07) is 9.25. The molecule has 0 atom stereocenters. The first-order valence-corrected chi connectivity index (χ1v) is 7.81. The first-order chi connectivity index (χ1) is 11.1. The summed E-state index contributed by atoms with van der Waals surface area (Å²) >= 11 is 1.48. The van der Waals surface area contributed by atoms with Crippen molar-refractivity contribution in [2.24, 2.45) is 0 Å². The van der Waals surface area contributed by atoms with Gasteiger partial charge in [0.25, 0.3) is 5.56 Å². The highest BCUT2D eigenvalue weighted by Gasteiger charge is 2.10. The van der Waals surface area contributed by atoms with Crippen LogP contribution in [0.1, 0.15) is 5.69 Å². The number of hydrogen-bond donors (Lipinski definition) is 3. The molecule has 3 aromatic rings. The highest BCUT2D eigenvalue weighted by molar-refractivity contribution is 7.14. The summed E-state index contributed by atoms with van der Waals surface area (Å²) < 4.78 is 5.13. The number of nitrogens with zero attached hydrogens (tertiary/aromatic N) is 1. The van der Waals surface area contributed by atoms with Crippen LogP contribution in [0.5, 0.6) is 5.75 Å². The third-order valence-electron chi connectivity index (χ3n) is 3.39. The number of rotatable bonds is 4. The Morgan fingerprint density at radius 3 is 2.74 bits per heavy atom. The molecule has 3 rings (SSSR count). The van der Waals surface area contributed by atoms with Crippen molar-refractivity contribution < 1.29 is 4.74 Å². The molecule has 2 aromatic heterocycles. The van der Waals surface area contributed by atoms with Gasteiger partial charge in [-0.2, -0.15) is 0 Å². The molecular formula is C16H16N4O2S. The summed E-state index contributed by atoms with van der Waals surface area (Å²) in [7, 11) is 1.63. The van der Waals surface area contributed by atoms with Crippen molar-refractivity contribution >= 4 is 27.8 Å². The monoisotopic (exact) mass is 328 g/mol. The molecule has 0 saturated heterocycles. The number of pyridine rings is 1. The van der Waals surface area contributed by atoms with E-state index in [0.717, 1.165) is 33.5 Å². The number of aromatic amines is 1. The van der Waals surface area contributed by atoms with Gasteiger partial charge in [-0.3, -0.25) is 4.79 Å². The van der Waals surface area contributed by atoms with Crippen LogP contribution in [0.25, 0.3) is 11.3 Å². The highest BCUT2D eigenvalue weighted by Crippen LogP contribution is 2.29. The van der Waals surface area contributed by atoms with Crippen molar-refractivity contribution in [2.75, 3.05) is 18.2 Å². The molecule has 0 bridgehead atoms. The number of nitrogens with two attached hydrogens (primary N) is 1. The van der Waals surface area contributed by atoms with Gasteiger partial charge in [-0.05, 0) is 37.3 Å². The lowest BCUT2D eigenvalue weighted by Crippen LogP contribution is -2.13. The number of nitrogens with one attached hydrogen (secondary N) is 2. The summed E-state index contributed by atoms with van der Waals surface area (Å²) in [5.74, 6) is 0.801. The molecule has 23 heavy (non-hydrogen) atoms. The van der Waals surface area contributed by atoms with Crippen LogP contribution in [-0.2, 0) is 0 Å². The van der Waals surface area contributed by atoms with Crippen molar-refractivity contribution in [3.8, 4) is 17.0 Å². The maximum atomic E-state index is 11.5. The Labute approximate surface area is 137 Å². The fourth-order valence-corrected chi connectivity index (χ4v) is 2.89. The Bertz CT molecular complexity index is 884. The quantitative estimate of drug-likeness (QED) is 0.684. The Morgan fingerprint density at radius 1 is 1.30 bits per heavy atom. The number of nitrogen functional groups attached to an aromatic ring is 1. The molecule has 0 fully saturated rings. The van der Waals surface area contributed by atoms with E-state index < -0.39 is 0 Å². The summed E-state index contributed by atoms with van der Waals surface area (Å²) in [6.45, 7) is 1.83. The molecule has 4 N–H and O–H groups in total. The second-order valence-electron chi connectivity index (χ2n) is 4.98. The summed E-state index contributed by atoms with van der Waals surface area (Å²) in [6.07, 6.45) is 0. The molecule has 7 heteroatoms. The van der Waals surface area contributed by atoms with Gasteiger partial charge >= 0.3 is 0 Å². The second-order valence-corrected chi connectivity index (χ2v) is 5.84. The molecule has 2 heterocycles. The van der Waals surface area contributed by atoms with Gasteiger partial charge in [0.2, 0.25) is 0 Å². The fourth-order valence-electron chi connectivity index (χ4n) is 2.16. The van der Waals surface area contributed by atoms with E-state index in [4.69, 9.17) is 10.5 Å². The van der Waals surface area contributed by atoms with E-state index in [1.807, 2.05) is 36.6 Å². The summed E-state index contributed by atoms with van der Waals surface area (Å²) in [4.78, 5) is 18.8. The van der Waals surface area contributed by atoms with Gasteiger partial charge in [0.05, 0.1) is 18.5 Å². The van der Waals surface area contributed by atoms with Gasteiger partial charge in [-0.15, -0.1) is 11.3 Å². The number of anilines is 3. The topological polar surface area (TPSA) is 93.0 Å². The van der Waals surface area contributed by atoms with Crippen molar-refractivity contribution in [1.29, 1.82) is 0 Å². The van der Waals surface area contributed by atoms with E-state index in [1.165, 1.54) is 11.3 Å². The number of thiazole rings is 1. The van der Waals surface area contributed by atoms with Gasteiger partial charge in [0, 0.05) is 22.3 Å². The zero-order chi connectivity index (χ0) is 16.4. The maximum absolute atomic E-state index is 11.5. The average Bonchev–Trinajstić information content (AvgIpc) is 3.00. The molecular weight excluding hydrogens is 312 g/mol. The number of H-pyrrole nitrogens is 1. The highest BCUT2D eigenvalue weighted by atomic mass is 32.1. The lowest BCUT2D eigenvalue weighted by molar-refractivity contribution is 0.415. The molecule has 0 amide bonds. The maximum Gasteiger partial charge on any atom is 0.271 e. The van der Waals surface area contributed by atoms with Crippen LogP contribution in [0, 0.1) is 6.92 Å². The zero-order valence-electron chi connectivity index (χ0n) is 12.7. The van der Waals surface area contributed by atoms with Crippen LogP contribution in [0.15, 0.2) is 40.5 Å². The predicted octanol–water partition coefficient (Wildman–Crippen LogP) is 3.14. The number of benzene rings is 1. The molecule has 0 aliphatic carbocycles. The first-order valence-electron chi connectivity index (χ1n) is 6.93. The first kappa shape index (κ1) is 15.1. The van der Waals surface area contributed by atoms with E-state index in [2.05, 4.69) is 15.3 Å². The van der Waals surface area contributed by atoms with Crippen LogP contribution in [0.3, 0.4) is 0 Å². The second kappa shape index (κ2) is 6.13. The summed E-state index contributed by atoms with van der Waals surface area (Å²) in [5.41, 5.74) is 8.85. The SMILES string of the molecule is COc1ccc(Nc2nc(-c3cc(N)c(=O)[nH]c3C)cs2)cc1. The van der Waals surface area contributed by atoms with E-state index in [-0.39, 0.29) is 11.2 Å². The molecule has 0 spiro atoms. The molecule has 1 aromatic carbocycles. The zero-order valence-corrected chi connectivity index (χ0v) is 13.5. The van der Waals surface area contributed by atoms with Gasteiger partial charge in [0.15, 0.2) is 5.13 Å². The van der Waals surface area contributed by atoms with Gasteiger partial charge < -0.3 is 20.8 Å². The third kappa shape index (κ3) is 3.19. The fraction of sp³-hybridized carbons (Fsp3) is 0.125. The van der Waals surface area contributed by atoms with Crippen LogP contribution in [-0.4, -0.2) is 17.1 Å². The van der Waals surface area contributed by atoms with E-state index >= 15 is 0 Å². The Kier molecular flexibility index (Phi) is 4.03. The molecule has 0 unspecified atom stereocenters. The van der Waals surface area contributed by atoms with Crippen molar-refractivity contribution in [2.45, 2.75) is 6.92 Å². The van der Waals surface area contributed by atoms with E-state index in [0.29, 0.717) is 0 Å². The predicted molar refractivity (Wildman–Crippen MR) is 93.6 cm³/mol. The standard InChI is InChI=1S/C16H16N4O2S/c1-9-12(7-13(17)15(21)18-9)14-8-23-16(20-14)19-10-3-5-11(22-2)6-4-10/h3-8H,17H2,1-2H3,(H,18,21)(H,19,20). The van der Waals surface area contributed by atoms with Crippen molar-refractivity contribution in [3.05, 3.63) is 51.8 Å². The molecule has 118 valence electrons. The smallest absolute Gasteiger partial charge is 0.271 e. The number of ether oxygens (including phenoxy) is 1.